The minimum Gasteiger partial charge on any atom is -0.342 e. The van der Waals surface area contributed by atoms with Crippen LogP contribution in [0.4, 0.5) is 0 Å². The molecule has 0 saturated carbocycles. The van der Waals surface area contributed by atoms with Crippen molar-refractivity contribution in [3.63, 3.8) is 0 Å². The Hall–Kier alpha value is -2.89. The normalized spacial score (nSPS) is 12.1. The Bertz CT molecular complexity index is 790. The SMILES string of the molecule is CCC(NC(=O)c1cnn(C)c1)c1ncc(-c2ccccc2)[nH]1. The lowest BCUT2D eigenvalue weighted by molar-refractivity contribution is 0.0934. The molecule has 6 heteroatoms. The van der Waals surface area contributed by atoms with Crippen LogP contribution in [0.15, 0.2) is 48.9 Å². The zero-order chi connectivity index (χ0) is 16.2. The monoisotopic (exact) mass is 309 g/mol. The summed E-state index contributed by atoms with van der Waals surface area (Å²) in [7, 11) is 1.78. The van der Waals surface area contributed by atoms with Gasteiger partial charge in [0.15, 0.2) is 0 Å². The number of hydrogen-bond acceptors (Lipinski definition) is 3. The molecule has 1 aromatic carbocycles. The molecule has 0 aliphatic carbocycles. The van der Waals surface area contributed by atoms with Crippen LogP contribution in [0.1, 0.15) is 35.6 Å². The number of rotatable bonds is 5. The fourth-order valence-corrected chi connectivity index (χ4v) is 2.42. The molecular weight excluding hydrogens is 290 g/mol. The van der Waals surface area contributed by atoms with E-state index >= 15 is 0 Å². The number of carbonyl (C=O) groups is 1. The van der Waals surface area contributed by atoms with Crippen molar-refractivity contribution >= 4 is 5.91 Å². The van der Waals surface area contributed by atoms with Gasteiger partial charge in [-0.05, 0) is 12.0 Å². The van der Waals surface area contributed by atoms with Crippen molar-refractivity contribution in [2.75, 3.05) is 0 Å². The van der Waals surface area contributed by atoms with Crippen molar-refractivity contribution in [2.45, 2.75) is 19.4 Å². The van der Waals surface area contributed by atoms with Gasteiger partial charge in [0.2, 0.25) is 0 Å². The highest BCUT2D eigenvalue weighted by Gasteiger charge is 2.18. The minimum absolute atomic E-state index is 0.150. The minimum atomic E-state index is -0.167. The van der Waals surface area contributed by atoms with E-state index in [4.69, 9.17) is 0 Å². The zero-order valence-corrected chi connectivity index (χ0v) is 13.2. The largest absolute Gasteiger partial charge is 0.342 e. The molecule has 0 spiro atoms. The molecule has 0 aliphatic heterocycles. The van der Waals surface area contributed by atoms with E-state index in [1.54, 1.807) is 30.3 Å². The number of aromatic nitrogens is 4. The Morgan fingerprint density at radius 2 is 2.09 bits per heavy atom. The second-order valence-corrected chi connectivity index (χ2v) is 5.39. The number of benzene rings is 1. The topological polar surface area (TPSA) is 75.6 Å². The fourth-order valence-electron chi connectivity index (χ4n) is 2.42. The third kappa shape index (κ3) is 3.31. The van der Waals surface area contributed by atoms with Gasteiger partial charge in [-0.15, -0.1) is 0 Å². The van der Waals surface area contributed by atoms with E-state index in [1.807, 2.05) is 37.3 Å². The molecule has 1 amide bonds. The van der Waals surface area contributed by atoms with Crippen molar-refractivity contribution < 1.29 is 4.79 Å². The predicted octanol–water partition coefficient (Wildman–Crippen LogP) is 2.69. The average molecular weight is 309 g/mol. The summed E-state index contributed by atoms with van der Waals surface area (Å²) in [6, 6.07) is 9.82. The van der Waals surface area contributed by atoms with Gasteiger partial charge in [0, 0.05) is 13.2 Å². The summed E-state index contributed by atoms with van der Waals surface area (Å²) in [5.41, 5.74) is 2.55. The maximum atomic E-state index is 12.3. The molecule has 0 saturated heterocycles. The average Bonchev–Trinajstić information content (AvgIpc) is 3.22. The third-order valence-electron chi connectivity index (χ3n) is 3.69. The van der Waals surface area contributed by atoms with Gasteiger partial charge in [-0.1, -0.05) is 37.3 Å². The van der Waals surface area contributed by atoms with Gasteiger partial charge >= 0.3 is 0 Å². The van der Waals surface area contributed by atoms with E-state index in [1.165, 1.54) is 0 Å². The fraction of sp³-hybridized carbons (Fsp3) is 0.235. The van der Waals surface area contributed by atoms with Crippen LogP contribution in [0.5, 0.6) is 0 Å². The lowest BCUT2D eigenvalue weighted by atomic mass is 10.2. The number of aryl methyl sites for hydroxylation is 1. The molecule has 1 unspecified atom stereocenters. The highest BCUT2D eigenvalue weighted by molar-refractivity contribution is 5.93. The van der Waals surface area contributed by atoms with Gasteiger partial charge in [0.25, 0.3) is 5.91 Å². The van der Waals surface area contributed by atoms with E-state index in [0.717, 1.165) is 23.5 Å². The zero-order valence-electron chi connectivity index (χ0n) is 13.2. The lowest BCUT2D eigenvalue weighted by Gasteiger charge is -2.14. The second kappa shape index (κ2) is 6.48. The molecule has 6 nitrogen and oxygen atoms in total. The van der Waals surface area contributed by atoms with E-state index in [-0.39, 0.29) is 11.9 Å². The first-order chi connectivity index (χ1) is 11.2. The van der Waals surface area contributed by atoms with Crippen molar-refractivity contribution in [3.05, 3.63) is 60.3 Å². The molecule has 23 heavy (non-hydrogen) atoms. The van der Waals surface area contributed by atoms with Gasteiger partial charge < -0.3 is 10.3 Å². The summed E-state index contributed by atoms with van der Waals surface area (Å²) in [4.78, 5) is 20.0. The Labute approximate surface area is 134 Å². The molecule has 0 aliphatic rings. The first-order valence-corrected chi connectivity index (χ1v) is 7.57. The number of aromatic amines is 1. The van der Waals surface area contributed by atoms with Crippen LogP contribution in [-0.4, -0.2) is 25.7 Å². The number of nitrogens with zero attached hydrogens (tertiary/aromatic N) is 3. The number of amides is 1. The van der Waals surface area contributed by atoms with Crippen molar-refractivity contribution in [1.29, 1.82) is 0 Å². The lowest BCUT2D eigenvalue weighted by Crippen LogP contribution is -2.28. The number of imidazole rings is 1. The highest BCUT2D eigenvalue weighted by Crippen LogP contribution is 2.20. The number of carbonyl (C=O) groups excluding carboxylic acids is 1. The Kier molecular flexibility index (Phi) is 4.23. The van der Waals surface area contributed by atoms with Gasteiger partial charge in [0.05, 0.1) is 29.7 Å². The highest BCUT2D eigenvalue weighted by atomic mass is 16.1. The molecule has 2 aromatic heterocycles. The Morgan fingerprint density at radius 3 is 2.74 bits per heavy atom. The molecule has 0 bridgehead atoms. The summed E-state index contributed by atoms with van der Waals surface area (Å²) in [6.45, 7) is 2.01. The van der Waals surface area contributed by atoms with E-state index in [0.29, 0.717) is 5.56 Å². The summed E-state index contributed by atoms with van der Waals surface area (Å²) in [5.74, 6) is 0.603. The van der Waals surface area contributed by atoms with Gasteiger partial charge in [-0.2, -0.15) is 5.10 Å². The maximum absolute atomic E-state index is 12.3. The number of nitrogens with one attached hydrogen (secondary N) is 2. The quantitative estimate of drug-likeness (QED) is 0.761. The molecule has 3 aromatic rings. The second-order valence-electron chi connectivity index (χ2n) is 5.39. The van der Waals surface area contributed by atoms with Crippen molar-refractivity contribution in [3.8, 4) is 11.3 Å². The van der Waals surface area contributed by atoms with Crippen molar-refractivity contribution in [1.82, 2.24) is 25.1 Å². The molecule has 0 fully saturated rings. The Balaban J connectivity index is 1.76. The Morgan fingerprint density at radius 1 is 1.30 bits per heavy atom. The molecule has 2 heterocycles. The van der Waals surface area contributed by atoms with E-state index < -0.39 is 0 Å². The summed E-state index contributed by atoms with van der Waals surface area (Å²) in [6.07, 6.45) is 5.79. The summed E-state index contributed by atoms with van der Waals surface area (Å²) >= 11 is 0. The van der Waals surface area contributed by atoms with E-state index in [9.17, 15) is 4.79 Å². The molecular formula is C17H19N5O. The molecule has 0 radical (unpaired) electrons. The van der Waals surface area contributed by atoms with Crippen LogP contribution < -0.4 is 5.32 Å². The predicted molar refractivity (Wildman–Crippen MR) is 87.7 cm³/mol. The molecule has 118 valence electrons. The van der Waals surface area contributed by atoms with Gasteiger partial charge in [-0.25, -0.2) is 4.98 Å². The molecule has 2 N–H and O–H groups in total. The van der Waals surface area contributed by atoms with Crippen LogP contribution in [0, 0.1) is 0 Å². The third-order valence-corrected chi connectivity index (χ3v) is 3.69. The number of hydrogen-bond donors (Lipinski definition) is 2. The van der Waals surface area contributed by atoms with Gasteiger partial charge in [-0.3, -0.25) is 9.48 Å². The van der Waals surface area contributed by atoms with Crippen LogP contribution in [0.3, 0.4) is 0 Å². The first kappa shape index (κ1) is 15.0. The van der Waals surface area contributed by atoms with E-state index in [2.05, 4.69) is 20.4 Å². The van der Waals surface area contributed by atoms with Crippen LogP contribution in [-0.2, 0) is 7.05 Å². The molecule has 3 rings (SSSR count). The first-order valence-electron chi connectivity index (χ1n) is 7.57. The molecule has 1 atom stereocenters. The van der Waals surface area contributed by atoms with Gasteiger partial charge in [0.1, 0.15) is 5.82 Å². The standard InChI is InChI=1S/C17H19N5O/c1-3-14(21-17(23)13-9-19-22(2)11-13)16-18-10-15(20-16)12-7-5-4-6-8-12/h4-11,14H,3H2,1-2H3,(H,18,20)(H,21,23). The smallest absolute Gasteiger partial charge is 0.255 e. The van der Waals surface area contributed by atoms with Crippen LogP contribution >= 0.6 is 0 Å². The van der Waals surface area contributed by atoms with Crippen molar-refractivity contribution in [2.24, 2.45) is 7.05 Å². The van der Waals surface area contributed by atoms with Crippen LogP contribution in [0.25, 0.3) is 11.3 Å². The summed E-state index contributed by atoms with van der Waals surface area (Å²) in [5, 5.41) is 7.01. The summed E-state index contributed by atoms with van der Waals surface area (Å²) < 4.78 is 1.61. The van der Waals surface area contributed by atoms with Crippen LogP contribution in [0.2, 0.25) is 0 Å². The maximum Gasteiger partial charge on any atom is 0.255 e. The number of H-pyrrole nitrogens is 1.